The van der Waals surface area contributed by atoms with Crippen LogP contribution in [0.15, 0.2) is 63.8 Å². The van der Waals surface area contributed by atoms with E-state index in [-0.39, 0.29) is 12.0 Å². The summed E-state index contributed by atoms with van der Waals surface area (Å²) in [5.74, 6) is 1.50. The highest BCUT2D eigenvalue weighted by Gasteiger charge is 2.20. The van der Waals surface area contributed by atoms with Gasteiger partial charge < -0.3 is 21.0 Å². The zero-order chi connectivity index (χ0) is 22.5. The minimum Gasteiger partial charge on any atom is -0.370 e. The van der Waals surface area contributed by atoms with Crippen molar-refractivity contribution in [2.24, 2.45) is 15.0 Å². The summed E-state index contributed by atoms with van der Waals surface area (Å²) in [6.45, 7) is 16.3. The topological polar surface area (TPSA) is 88.4 Å². The van der Waals surface area contributed by atoms with Gasteiger partial charge in [-0.3, -0.25) is 4.99 Å². The molecule has 0 radical (unpaired) electrons. The van der Waals surface area contributed by atoms with Crippen molar-refractivity contribution in [3.8, 4) is 0 Å². The van der Waals surface area contributed by atoms with Gasteiger partial charge in [-0.1, -0.05) is 26.5 Å². The summed E-state index contributed by atoms with van der Waals surface area (Å²) in [4.78, 5) is 15.6. The highest BCUT2D eigenvalue weighted by Crippen LogP contribution is 2.18. The van der Waals surface area contributed by atoms with E-state index in [0.29, 0.717) is 12.4 Å². The standard InChI is InChI=1S/C22H35ClN8/c1-5-7-13-31(17(3)21(27-16-23)22(24-4)25-6-2)14-9-8-10-20-26-15-19(29-20)18-11-12-28-30-18/h6,11-12,18,25,27-28,30H,2-5,7-10,13-16H2,1H3/b22-21+. The first-order valence-electron chi connectivity index (χ1n) is 10.8. The lowest BCUT2D eigenvalue weighted by molar-refractivity contribution is 0.332. The molecule has 170 valence electrons. The van der Waals surface area contributed by atoms with Gasteiger partial charge in [0.15, 0.2) is 5.82 Å². The molecule has 0 bridgehead atoms. The number of amidine groups is 1. The molecule has 0 aromatic heterocycles. The molecule has 0 aromatic carbocycles. The lowest BCUT2D eigenvalue weighted by Crippen LogP contribution is -2.37. The van der Waals surface area contributed by atoms with Crippen LogP contribution in [-0.2, 0) is 0 Å². The third kappa shape index (κ3) is 7.56. The lowest BCUT2D eigenvalue weighted by atomic mass is 10.2. The fourth-order valence-corrected chi connectivity index (χ4v) is 3.53. The van der Waals surface area contributed by atoms with Crippen molar-refractivity contribution >= 4 is 29.9 Å². The molecule has 8 nitrogen and oxygen atoms in total. The van der Waals surface area contributed by atoms with Crippen LogP contribution in [0.25, 0.3) is 0 Å². The second kappa shape index (κ2) is 13.7. The Bertz CT molecular complexity index is 753. The number of nitrogens with one attached hydrogen (secondary N) is 4. The fourth-order valence-electron chi connectivity index (χ4n) is 3.39. The number of alkyl halides is 1. The molecule has 2 rings (SSSR count). The van der Waals surface area contributed by atoms with Crippen molar-refractivity contribution in [3.63, 3.8) is 0 Å². The molecule has 0 saturated carbocycles. The molecular weight excluding hydrogens is 412 g/mol. The second-order valence-corrected chi connectivity index (χ2v) is 7.51. The van der Waals surface area contributed by atoms with Gasteiger partial charge in [0, 0.05) is 25.7 Å². The van der Waals surface area contributed by atoms with Gasteiger partial charge in [-0.15, -0.1) is 11.6 Å². The van der Waals surface area contributed by atoms with Gasteiger partial charge in [0.2, 0.25) is 0 Å². The van der Waals surface area contributed by atoms with Crippen LogP contribution in [0.2, 0.25) is 0 Å². The van der Waals surface area contributed by atoms with E-state index in [1.54, 1.807) is 6.20 Å². The number of hydrazine groups is 1. The molecule has 4 N–H and O–H groups in total. The average molecular weight is 447 g/mol. The molecule has 2 aliphatic heterocycles. The molecule has 9 heteroatoms. The Hall–Kier alpha value is -2.58. The monoisotopic (exact) mass is 446 g/mol. The Labute approximate surface area is 191 Å². The number of aliphatic imine (C=N–C) groups is 3. The molecule has 0 aromatic rings. The minimum absolute atomic E-state index is 0.144. The van der Waals surface area contributed by atoms with Crippen molar-refractivity contribution in [1.29, 1.82) is 0 Å². The van der Waals surface area contributed by atoms with Crippen LogP contribution in [0.4, 0.5) is 0 Å². The van der Waals surface area contributed by atoms with Gasteiger partial charge in [-0.2, -0.15) is 0 Å². The number of nitrogens with zero attached hydrogens (tertiary/aromatic N) is 4. The fraction of sp³-hybridized carbons (Fsp3) is 0.500. The normalized spacial score (nSPS) is 17.9. The largest absolute Gasteiger partial charge is 0.370 e. The molecule has 2 aliphatic rings. The zero-order valence-electron chi connectivity index (χ0n) is 18.5. The smallest absolute Gasteiger partial charge is 0.154 e. The van der Waals surface area contributed by atoms with E-state index in [2.05, 4.69) is 69.2 Å². The van der Waals surface area contributed by atoms with Crippen LogP contribution < -0.4 is 21.5 Å². The molecule has 31 heavy (non-hydrogen) atoms. The van der Waals surface area contributed by atoms with Crippen LogP contribution in [0.1, 0.15) is 39.0 Å². The predicted molar refractivity (Wildman–Crippen MR) is 132 cm³/mol. The summed E-state index contributed by atoms with van der Waals surface area (Å²) < 4.78 is 0. The van der Waals surface area contributed by atoms with E-state index < -0.39 is 0 Å². The van der Waals surface area contributed by atoms with Crippen molar-refractivity contribution in [2.75, 3.05) is 25.6 Å². The molecule has 1 atom stereocenters. The maximum absolute atomic E-state index is 5.95. The summed E-state index contributed by atoms with van der Waals surface area (Å²) in [6.07, 6.45) is 10.6. The minimum atomic E-state index is 0.144. The van der Waals surface area contributed by atoms with E-state index in [1.165, 1.54) is 0 Å². The highest BCUT2D eigenvalue weighted by molar-refractivity contribution is 6.17. The Kier molecular flexibility index (Phi) is 10.9. The van der Waals surface area contributed by atoms with Crippen LogP contribution in [-0.4, -0.2) is 54.8 Å². The second-order valence-electron chi connectivity index (χ2n) is 7.25. The van der Waals surface area contributed by atoms with Crippen molar-refractivity contribution in [2.45, 2.75) is 45.1 Å². The molecule has 0 spiro atoms. The van der Waals surface area contributed by atoms with Gasteiger partial charge >= 0.3 is 0 Å². The average Bonchev–Trinajstić information content (AvgIpc) is 3.47. The van der Waals surface area contributed by atoms with E-state index >= 15 is 0 Å². The number of hydrogen-bond acceptors (Lipinski definition) is 8. The number of rotatable bonds is 16. The van der Waals surface area contributed by atoms with Crippen LogP contribution >= 0.6 is 11.6 Å². The molecule has 1 unspecified atom stereocenters. The van der Waals surface area contributed by atoms with Gasteiger partial charge in [-0.05, 0) is 38.3 Å². The third-order valence-corrected chi connectivity index (χ3v) is 5.21. The number of hydrogen-bond donors (Lipinski definition) is 4. The third-order valence-electron chi connectivity index (χ3n) is 5.07. The summed E-state index contributed by atoms with van der Waals surface area (Å²) >= 11 is 5.95. The van der Waals surface area contributed by atoms with Gasteiger partial charge in [0.05, 0.1) is 30.0 Å². The van der Waals surface area contributed by atoms with Gasteiger partial charge in [-0.25, -0.2) is 15.4 Å². The first-order chi connectivity index (χ1) is 15.1. The van der Waals surface area contributed by atoms with Crippen molar-refractivity contribution in [3.05, 3.63) is 48.8 Å². The SMILES string of the molecule is C=CN/C(N=C)=C(/NCCl)C(=C)N(CCCC)CCCCC1=NCC(C2C=CNN2)=N1. The van der Waals surface area contributed by atoms with Crippen LogP contribution in [0.3, 0.4) is 0 Å². The molecule has 0 aliphatic carbocycles. The summed E-state index contributed by atoms with van der Waals surface area (Å²) in [5.41, 5.74) is 8.78. The number of halogens is 1. The van der Waals surface area contributed by atoms with Gasteiger partial charge in [0.1, 0.15) is 11.5 Å². The maximum atomic E-state index is 5.95. The Balaban J connectivity index is 1.92. The highest BCUT2D eigenvalue weighted by atomic mass is 35.5. The Morgan fingerprint density at radius 3 is 2.84 bits per heavy atom. The summed E-state index contributed by atoms with van der Waals surface area (Å²) in [7, 11) is 0. The molecular formula is C22H35ClN8. The predicted octanol–water partition coefficient (Wildman–Crippen LogP) is 3.00. The van der Waals surface area contributed by atoms with Crippen LogP contribution in [0, 0.1) is 0 Å². The lowest BCUT2D eigenvalue weighted by Gasteiger charge is -2.29. The van der Waals surface area contributed by atoms with Crippen LogP contribution in [0.5, 0.6) is 0 Å². The molecule has 0 saturated heterocycles. The van der Waals surface area contributed by atoms with Crippen molar-refractivity contribution < 1.29 is 0 Å². The molecule has 0 fully saturated rings. The summed E-state index contributed by atoms with van der Waals surface area (Å²) in [5, 5.41) is 6.15. The molecule has 0 amide bonds. The van der Waals surface area contributed by atoms with Gasteiger partial charge in [0.25, 0.3) is 0 Å². The van der Waals surface area contributed by atoms with E-state index in [0.717, 1.165) is 68.1 Å². The van der Waals surface area contributed by atoms with Crippen molar-refractivity contribution in [1.82, 2.24) is 26.4 Å². The quantitative estimate of drug-likeness (QED) is 0.0962. The van der Waals surface area contributed by atoms with E-state index in [9.17, 15) is 0 Å². The number of unbranched alkanes of at least 4 members (excludes halogenated alkanes) is 2. The molecule has 2 heterocycles. The van der Waals surface area contributed by atoms with E-state index in [1.807, 2.05) is 6.20 Å². The zero-order valence-corrected chi connectivity index (χ0v) is 19.2. The van der Waals surface area contributed by atoms with E-state index in [4.69, 9.17) is 16.6 Å². The Morgan fingerprint density at radius 2 is 2.19 bits per heavy atom. The first-order valence-corrected chi connectivity index (χ1v) is 11.3. The summed E-state index contributed by atoms with van der Waals surface area (Å²) in [6, 6.07) is 0.389. The Morgan fingerprint density at radius 1 is 1.39 bits per heavy atom. The maximum Gasteiger partial charge on any atom is 0.154 e. The first kappa shape index (κ1) is 24.7.